The normalized spacial score (nSPS) is 20.5. The molecular weight excluding hydrogens is 310 g/mol. The van der Waals surface area contributed by atoms with Crippen LogP contribution in [0.3, 0.4) is 0 Å². The monoisotopic (exact) mass is 335 g/mol. The second-order valence-electron chi connectivity index (χ2n) is 6.37. The van der Waals surface area contributed by atoms with Crippen LogP contribution in [0.2, 0.25) is 0 Å². The number of carbonyl (C=O) groups excluding carboxylic acids is 2. The van der Waals surface area contributed by atoms with Gasteiger partial charge in [0.2, 0.25) is 10.0 Å². The fourth-order valence-corrected chi connectivity index (χ4v) is 3.71. The SMILES string of the molecule is COC(=O)CCS(=O)(=O)N1CCCC(C(=O)OC(C)(C)C)C1. The summed E-state index contributed by atoms with van der Waals surface area (Å²) in [5.41, 5.74) is -0.594. The van der Waals surface area contributed by atoms with E-state index in [1.807, 2.05) is 0 Å². The molecule has 0 aromatic rings. The van der Waals surface area contributed by atoms with Crippen LogP contribution < -0.4 is 0 Å². The summed E-state index contributed by atoms with van der Waals surface area (Å²) in [6, 6.07) is 0. The lowest BCUT2D eigenvalue weighted by Crippen LogP contribution is -2.44. The molecule has 0 saturated carbocycles. The first-order valence-corrected chi connectivity index (χ1v) is 8.93. The Morgan fingerprint density at radius 3 is 2.45 bits per heavy atom. The molecule has 1 aliphatic rings. The number of carbonyl (C=O) groups is 2. The van der Waals surface area contributed by atoms with Gasteiger partial charge in [-0.25, -0.2) is 12.7 Å². The van der Waals surface area contributed by atoms with Crippen LogP contribution in [-0.2, 0) is 29.1 Å². The van der Waals surface area contributed by atoms with Crippen molar-refractivity contribution in [1.82, 2.24) is 4.31 Å². The molecule has 0 amide bonds. The molecule has 0 N–H and O–H groups in total. The Morgan fingerprint density at radius 2 is 1.91 bits per heavy atom. The predicted molar refractivity (Wildman–Crippen MR) is 80.6 cm³/mol. The molecule has 0 aliphatic carbocycles. The molecule has 1 heterocycles. The highest BCUT2D eigenvalue weighted by Crippen LogP contribution is 2.23. The quantitative estimate of drug-likeness (QED) is 0.694. The summed E-state index contributed by atoms with van der Waals surface area (Å²) < 4.78 is 35.5. The Balaban J connectivity index is 2.65. The van der Waals surface area contributed by atoms with Crippen LogP contribution in [0.5, 0.6) is 0 Å². The minimum atomic E-state index is -3.57. The molecule has 1 unspecified atom stereocenters. The molecule has 0 aromatic heterocycles. The molecule has 0 spiro atoms. The zero-order valence-corrected chi connectivity index (χ0v) is 14.4. The van der Waals surface area contributed by atoms with Crippen molar-refractivity contribution in [2.75, 3.05) is 26.0 Å². The maximum Gasteiger partial charge on any atom is 0.310 e. The van der Waals surface area contributed by atoms with Gasteiger partial charge >= 0.3 is 11.9 Å². The van der Waals surface area contributed by atoms with E-state index in [-0.39, 0.29) is 24.7 Å². The number of rotatable bonds is 5. The molecule has 1 saturated heterocycles. The number of ether oxygens (including phenoxy) is 2. The topological polar surface area (TPSA) is 90.0 Å². The van der Waals surface area contributed by atoms with Crippen molar-refractivity contribution in [3.05, 3.63) is 0 Å². The Bertz CT molecular complexity index is 508. The maximum atomic E-state index is 12.2. The number of sulfonamides is 1. The minimum Gasteiger partial charge on any atom is -0.469 e. The second kappa shape index (κ2) is 7.41. The lowest BCUT2D eigenvalue weighted by atomic mass is 9.99. The number of methoxy groups -OCH3 is 1. The number of hydrogen-bond acceptors (Lipinski definition) is 6. The molecule has 1 rings (SSSR count). The third kappa shape index (κ3) is 5.92. The highest BCUT2D eigenvalue weighted by Gasteiger charge is 2.34. The third-order valence-electron chi connectivity index (χ3n) is 3.31. The van der Waals surface area contributed by atoms with Crippen LogP contribution in [0.4, 0.5) is 0 Å². The van der Waals surface area contributed by atoms with E-state index in [0.717, 1.165) is 0 Å². The van der Waals surface area contributed by atoms with E-state index in [1.54, 1.807) is 20.8 Å². The number of hydrogen-bond donors (Lipinski definition) is 0. The van der Waals surface area contributed by atoms with E-state index < -0.39 is 27.5 Å². The summed E-state index contributed by atoms with van der Waals surface area (Å²) in [5, 5.41) is 0. The van der Waals surface area contributed by atoms with E-state index in [2.05, 4.69) is 4.74 Å². The summed E-state index contributed by atoms with van der Waals surface area (Å²) in [6.45, 7) is 5.80. The van der Waals surface area contributed by atoms with Crippen molar-refractivity contribution >= 4 is 22.0 Å². The van der Waals surface area contributed by atoms with E-state index in [0.29, 0.717) is 19.4 Å². The first kappa shape index (κ1) is 18.9. The summed E-state index contributed by atoms with van der Waals surface area (Å²) in [5.74, 6) is -1.70. The van der Waals surface area contributed by atoms with Crippen LogP contribution in [0.1, 0.15) is 40.0 Å². The average Bonchev–Trinajstić information content (AvgIpc) is 2.43. The lowest BCUT2D eigenvalue weighted by Gasteiger charge is -2.32. The maximum absolute atomic E-state index is 12.2. The first-order valence-electron chi connectivity index (χ1n) is 7.32. The molecule has 0 aromatic carbocycles. The summed E-state index contributed by atoms with van der Waals surface area (Å²) in [6.07, 6.45) is 1.02. The van der Waals surface area contributed by atoms with Gasteiger partial charge in [-0.15, -0.1) is 0 Å². The third-order valence-corrected chi connectivity index (χ3v) is 5.15. The van der Waals surface area contributed by atoms with Crippen LogP contribution in [0.25, 0.3) is 0 Å². The van der Waals surface area contributed by atoms with Crippen molar-refractivity contribution in [2.24, 2.45) is 5.92 Å². The summed E-state index contributed by atoms with van der Waals surface area (Å²) in [4.78, 5) is 23.2. The van der Waals surface area contributed by atoms with E-state index in [4.69, 9.17) is 4.74 Å². The number of nitrogens with zero attached hydrogens (tertiary/aromatic N) is 1. The second-order valence-corrected chi connectivity index (χ2v) is 8.46. The van der Waals surface area contributed by atoms with Crippen LogP contribution in [-0.4, -0.2) is 56.2 Å². The fourth-order valence-electron chi connectivity index (χ4n) is 2.22. The van der Waals surface area contributed by atoms with Crippen LogP contribution >= 0.6 is 0 Å². The molecule has 1 aliphatic heterocycles. The lowest BCUT2D eigenvalue weighted by molar-refractivity contribution is -0.161. The van der Waals surface area contributed by atoms with Crippen molar-refractivity contribution in [3.8, 4) is 0 Å². The Morgan fingerprint density at radius 1 is 1.27 bits per heavy atom. The van der Waals surface area contributed by atoms with Gasteiger partial charge in [0, 0.05) is 13.1 Å². The summed E-state index contributed by atoms with van der Waals surface area (Å²) >= 11 is 0. The molecule has 1 atom stereocenters. The molecule has 128 valence electrons. The standard InChI is InChI=1S/C14H25NO6S/c1-14(2,3)21-13(17)11-6-5-8-15(10-11)22(18,19)9-7-12(16)20-4/h11H,5-10H2,1-4H3. The predicted octanol–water partition coefficient (Wildman–Crippen LogP) is 0.933. The molecule has 7 nitrogen and oxygen atoms in total. The van der Waals surface area contributed by atoms with E-state index in [1.165, 1.54) is 11.4 Å². The first-order chi connectivity index (χ1) is 10.0. The van der Waals surface area contributed by atoms with Crippen LogP contribution in [0.15, 0.2) is 0 Å². The Kier molecular flexibility index (Phi) is 6.37. The molecular formula is C14H25NO6S. The van der Waals surface area contributed by atoms with Crippen molar-refractivity contribution < 1.29 is 27.5 Å². The van der Waals surface area contributed by atoms with Gasteiger partial charge in [0.1, 0.15) is 5.60 Å². The average molecular weight is 335 g/mol. The number of piperidine rings is 1. The largest absolute Gasteiger partial charge is 0.469 e. The molecule has 8 heteroatoms. The zero-order valence-electron chi connectivity index (χ0n) is 13.6. The molecule has 22 heavy (non-hydrogen) atoms. The molecule has 1 fully saturated rings. The van der Waals surface area contributed by atoms with Gasteiger partial charge in [-0.05, 0) is 33.6 Å². The van der Waals surface area contributed by atoms with Crippen molar-refractivity contribution in [1.29, 1.82) is 0 Å². The highest BCUT2D eigenvalue weighted by atomic mass is 32.2. The van der Waals surface area contributed by atoms with E-state index >= 15 is 0 Å². The number of esters is 2. The van der Waals surface area contributed by atoms with Crippen LogP contribution in [0, 0.1) is 5.92 Å². The highest BCUT2D eigenvalue weighted by molar-refractivity contribution is 7.89. The van der Waals surface area contributed by atoms with Gasteiger partial charge in [0.05, 0.1) is 25.2 Å². The Hall–Kier alpha value is -1.15. The van der Waals surface area contributed by atoms with Gasteiger partial charge in [-0.1, -0.05) is 0 Å². The van der Waals surface area contributed by atoms with Gasteiger partial charge in [-0.2, -0.15) is 0 Å². The Labute approximate surface area is 132 Å². The van der Waals surface area contributed by atoms with Gasteiger partial charge in [-0.3, -0.25) is 9.59 Å². The smallest absolute Gasteiger partial charge is 0.310 e. The van der Waals surface area contributed by atoms with Gasteiger partial charge in [0.25, 0.3) is 0 Å². The zero-order chi connectivity index (χ0) is 17.0. The van der Waals surface area contributed by atoms with Crippen molar-refractivity contribution in [2.45, 2.75) is 45.6 Å². The molecule has 0 radical (unpaired) electrons. The van der Waals surface area contributed by atoms with E-state index in [9.17, 15) is 18.0 Å². The minimum absolute atomic E-state index is 0.110. The molecule has 0 bridgehead atoms. The van der Waals surface area contributed by atoms with Crippen molar-refractivity contribution in [3.63, 3.8) is 0 Å². The fraction of sp³-hybridized carbons (Fsp3) is 0.857. The van der Waals surface area contributed by atoms with Gasteiger partial charge in [0.15, 0.2) is 0 Å². The summed E-state index contributed by atoms with van der Waals surface area (Å²) in [7, 11) is -2.36. The van der Waals surface area contributed by atoms with Gasteiger partial charge < -0.3 is 9.47 Å².